The number of H-pyrrole nitrogens is 1. The summed E-state index contributed by atoms with van der Waals surface area (Å²) < 4.78 is 11.2. The Kier molecular flexibility index (Phi) is 8.75. The number of amides is 1. The number of carbonyl (C=O) groups excluding carboxylic acids is 1. The van der Waals surface area contributed by atoms with Gasteiger partial charge in [0.25, 0.3) is 5.91 Å². The molecule has 0 spiro atoms. The first-order valence-electron chi connectivity index (χ1n) is 11.9. The van der Waals surface area contributed by atoms with Gasteiger partial charge in [-0.05, 0) is 59.5 Å². The maximum absolute atomic E-state index is 11.2. The van der Waals surface area contributed by atoms with Gasteiger partial charge in [0.15, 0.2) is 0 Å². The predicted molar refractivity (Wildman–Crippen MR) is 141 cm³/mol. The Bertz CT molecular complexity index is 1280. The molecule has 0 unspecified atom stereocenters. The van der Waals surface area contributed by atoms with E-state index < -0.39 is 5.91 Å². The van der Waals surface area contributed by atoms with Crippen molar-refractivity contribution in [2.24, 2.45) is 0 Å². The van der Waals surface area contributed by atoms with Crippen LogP contribution in [0.3, 0.4) is 0 Å². The zero-order valence-corrected chi connectivity index (χ0v) is 20.3. The summed E-state index contributed by atoms with van der Waals surface area (Å²) in [4.78, 5) is 17.0. The SMILES string of the molecule is COc1ccc(OCCN(CCc2c[nH]c3ccccc23)Cc2ccc(/C=C/C(=O)NO)cc2)cc1. The summed E-state index contributed by atoms with van der Waals surface area (Å²) in [6.45, 7) is 2.99. The molecule has 36 heavy (non-hydrogen) atoms. The van der Waals surface area contributed by atoms with E-state index in [1.807, 2.05) is 42.5 Å². The minimum atomic E-state index is -0.556. The van der Waals surface area contributed by atoms with Gasteiger partial charge in [0, 0.05) is 42.8 Å². The molecule has 3 N–H and O–H groups in total. The average molecular weight is 486 g/mol. The van der Waals surface area contributed by atoms with Gasteiger partial charge in [-0.15, -0.1) is 0 Å². The molecule has 0 saturated carbocycles. The van der Waals surface area contributed by atoms with Crippen LogP contribution in [0.15, 0.2) is 85.1 Å². The summed E-state index contributed by atoms with van der Waals surface area (Å²) in [5.74, 6) is 1.06. The van der Waals surface area contributed by atoms with Crippen LogP contribution in [0.25, 0.3) is 17.0 Å². The third-order valence-corrected chi connectivity index (χ3v) is 6.03. The van der Waals surface area contributed by atoms with Gasteiger partial charge < -0.3 is 14.5 Å². The highest BCUT2D eigenvalue weighted by atomic mass is 16.5. The van der Waals surface area contributed by atoms with E-state index in [2.05, 4.69) is 46.4 Å². The second-order valence-electron chi connectivity index (χ2n) is 8.46. The number of nitrogens with one attached hydrogen (secondary N) is 2. The lowest BCUT2D eigenvalue weighted by atomic mass is 10.1. The summed E-state index contributed by atoms with van der Waals surface area (Å²) in [6, 6.07) is 24.0. The normalized spacial score (nSPS) is 11.3. The number of aromatic amines is 1. The molecule has 7 nitrogen and oxygen atoms in total. The highest BCUT2D eigenvalue weighted by Crippen LogP contribution is 2.20. The number of nitrogens with zero attached hydrogens (tertiary/aromatic N) is 1. The smallest absolute Gasteiger partial charge is 0.267 e. The summed E-state index contributed by atoms with van der Waals surface area (Å²) in [7, 11) is 1.65. The fourth-order valence-electron chi connectivity index (χ4n) is 4.05. The summed E-state index contributed by atoms with van der Waals surface area (Å²) in [5.41, 5.74) is 6.10. The van der Waals surface area contributed by atoms with Crippen LogP contribution < -0.4 is 15.0 Å². The highest BCUT2D eigenvalue weighted by Gasteiger charge is 2.10. The van der Waals surface area contributed by atoms with E-state index >= 15 is 0 Å². The second kappa shape index (κ2) is 12.6. The van der Waals surface area contributed by atoms with Crippen LogP contribution >= 0.6 is 0 Å². The zero-order chi connectivity index (χ0) is 25.2. The Balaban J connectivity index is 1.40. The number of fused-ring (bicyclic) bond motifs is 1. The van der Waals surface area contributed by atoms with E-state index in [0.29, 0.717) is 6.61 Å². The van der Waals surface area contributed by atoms with Crippen LogP contribution in [-0.2, 0) is 17.8 Å². The van der Waals surface area contributed by atoms with Gasteiger partial charge in [-0.2, -0.15) is 0 Å². The Labute approximate surface area is 210 Å². The molecule has 0 atom stereocenters. The fraction of sp³-hybridized carbons (Fsp3) is 0.207. The number of ether oxygens (including phenoxy) is 2. The molecule has 7 heteroatoms. The lowest BCUT2D eigenvalue weighted by Crippen LogP contribution is -2.30. The minimum Gasteiger partial charge on any atom is -0.497 e. The molecule has 0 radical (unpaired) electrons. The van der Waals surface area contributed by atoms with Crippen LogP contribution in [0.4, 0.5) is 0 Å². The van der Waals surface area contributed by atoms with Crippen LogP contribution in [0.2, 0.25) is 0 Å². The summed E-state index contributed by atoms with van der Waals surface area (Å²) >= 11 is 0. The molecule has 1 amide bonds. The largest absolute Gasteiger partial charge is 0.497 e. The highest BCUT2D eigenvalue weighted by molar-refractivity contribution is 5.90. The first-order valence-corrected chi connectivity index (χ1v) is 11.9. The van der Waals surface area contributed by atoms with Crippen LogP contribution in [-0.4, -0.2) is 47.8 Å². The predicted octanol–water partition coefficient (Wildman–Crippen LogP) is 4.82. The van der Waals surface area contributed by atoms with E-state index in [-0.39, 0.29) is 0 Å². The number of hydroxylamine groups is 1. The monoisotopic (exact) mass is 485 g/mol. The molecule has 0 aliphatic rings. The average Bonchev–Trinajstić information content (AvgIpc) is 3.34. The molecule has 1 heterocycles. The Hall–Kier alpha value is -4.07. The molecule has 186 valence electrons. The molecular weight excluding hydrogens is 454 g/mol. The number of hydrogen-bond acceptors (Lipinski definition) is 5. The van der Waals surface area contributed by atoms with Crippen molar-refractivity contribution < 1.29 is 19.5 Å². The van der Waals surface area contributed by atoms with Crippen LogP contribution in [0, 0.1) is 0 Å². The van der Waals surface area contributed by atoms with Gasteiger partial charge in [-0.25, -0.2) is 5.48 Å². The third-order valence-electron chi connectivity index (χ3n) is 6.03. The van der Waals surface area contributed by atoms with Crippen LogP contribution in [0.1, 0.15) is 16.7 Å². The van der Waals surface area contributed by atoms with E-state index in [9.17, 15) is 4.79 Å². The molecule has 0 aliphatic carbocycles. The van der Waals surface area contributed by atoms with Crippen molar-refractivity contribution in [1.82, 2.24) is 15.4 Å². The molecule has 4 aromatic rings. The standard InChI is InChI=1S/C29H31N3O4/c1-35-25-11-13-26(14-12-25)36-19-18-32(17-16-24-20-30-28-5-3-2-4-27(24)28)21-23-8-6-22(7-9-23)10-15-29(33)31-34/h2-15,20,30,34H,16-19,21H2,1H3,(H,31,33)/b15-10+. The lowest BCUT2D eigenvalue weighted by molar-refractivity contribution is -0.124. The first kappa shape index (κ1) is 25.0. The van der Waals surface area contributed by atoms with E-state index in [1.165, 1.54) is 22.6 Å². The maximum atomic E-state index is 11.2. The van der Waals surface area contributed by atoms with Gasteiger partial charge in [-0.3, -0.25) is 14.9 Å². The second-order valence-corrected chi connectivity index (χ2v) is 8.46. The molecule has 4 rings (SSSR count). The van der Waals surface area contributed by atoms with Crippen molar-refractivity contribution in [1.29, 1.82) is 0 Å². The van der Waals surface area contributed by atoms with Crippen molar-refractivity contribution in [3.05, 3.63) is 102 Å². The molecule has 1 aromatic heterocycles. The number of aromatic nitrogens is 1. The van der Waals surface area contributed by atoms with Gasteiger partial charge >= 0.3 is 0 Å². The number of benzene rings is 3. The quantitative estimate of drug-likeness (QED) is 0.152. The Morgan fingerprint density at radius 1 is 1.00 bits per heavy atom. The number of methoxy groups -OCH3 is 1. The fourth-order valence-corrected chi connectivity index (χ4v) is 4.05. The molecule has 3 aromatic carbocycles. The summed E-state index contributed by atoms with van der Waals surface area (Å²) in [5, 5.41) is 9.89. The molecule has 0 saturated heterocycles. The number of rotatable bonds is 12. The summed E-state index contributed by atoms with van der Waals surface area (Å²) in [6.07, 6.45) is 5.97. The molecular formula is C29H31N3O4. The van der Waals surface area contributed by atoms with Gasteiger partial charge in [0.2, 0.25) is 0 Å². The molecule has 0 aliphatic heterocycles. The van der Waals surface area contributed by atoms with E-state index in [4.69, 9.17) is 14.7 Å². The van der Waals surface area contributed by atoms with Crippen molar-refractivity contribution in [3.8, 4) is 11.5 Å². The number of para-hydroxylation sites is 1. The van der Waals surface area contributed by atoms with Gasteiger partial charge in [-0.1, -0.05) is 42.5 Å². The van der Waals surface area contributed by atoms with Crippen molar-refractivity contribution in [2.75, 3.05) is 26.8 Å². The Morgan fingerprint density at radius 2 is 1.75 bits per heavy atom. The van der Waals surface area contributed by atoms with E-state index in [0.717, 1.165) is 48.6 Å². The maximum Gasteiger partial charge on any atom is 0.267 e. The van der Waals surface area contributed by atoms with Crippen molar-refractivity contribution in [3.63, 3.8) is 0 Å². The topological polar surface area (TPSA) is 86.8 Å². The lowest BCUT2D eigenvalue weighted by Gasteiger charge is -2.23. The van der Waals surface area contributed by atoms with Crippen molar-refractivity contribution in [2.45, 2.75) is 13.0 Å². The van der Waals surface area contributed by atoms with Gasteiger partial charge in [0.1, 0.15) is 18.1 Å². The third kappa shape index (κ3) is 6.97. The van der Waals surface area contributed by atoms with E-state index in [1.54, 1.807) is 18.7 Å². The first-order chi connectivity index (χ1) is 17.6. The van der Waals surface area contributed by atoms with Crippen molar-refractivity contribution >= 4 is 22.9 Å². The number of hydrogen-bond donors (Lipinski definition) is 3. The van der Waals surface area contributed by atoms with Gasteiger partial charge in [0.05, 0.1) is 7.11 Å². The minimum absolute atomic E-state index is 0.556. The zero-order valence-electron chi connectivity index (χ0n) is 20.3. The van der Waals surface area contributed by atoms with Crippen LogP contribution in [0.5, 0.6) is 11.5 Å². The molecule has 0 fully saturated rings. The molecule has 0 bridgehead atoms. The Morgan fingerprint density at radius 3 is 2.50 bits per heavy atom. The number of carbonyl (C=O) groups is 1.